The Morgan fingerprint density at radius 1 is 1.05 bits per heavy atom. The number of carbonyl (C=O) groups excluding carboxylic acids is 5. The summed E-state index contributed by atoms with van der Waals surface area (Å²) >= 11 is 0. The monoisotopic (exact) mass is 535 g/mol. The van der Waals surface area contributed by atoms with Crippen LogP contribution in [-0.4, -0.2) is 93.0 Å². The van der Waals surface area contributed by atoms with E-state index in [2.05, 4.69) is 15.6 Å². The van der Waals surface area contributed by atoms with Crippen LogP contribution in [0.25, 0.3) is 10.8 Å². The number of hydrogen-bond acceptors (Lipinski definition) is 8. The Hall–Kier alpha value is -4.32. The van der Waals surface area contributed by atoms with Crippen molar-refractivity contribution in [1.29, 1.82) is 0 Å². The number of amides is 4. The maximum atomic E-state index is 14.0. The summed E-state index contributed by atoms with van der Waals surface area (Å²) in [6, 6.07) is 5.48. The first-order chi connectivity index (χ1) is 18.7. The highest BCUT2D eigenvalue weighted by Gasteiger charge is 2.46. The fraction of sp³-hybridized carbons (Fsp3) is 0.407. The van der Waals surface area contributed by atoms with Crippen molar-refractivity contribution in [3.8, 4) is 0 Å². The highest BCUT2D eigenvalue weighted by atomic mass is 16.6. The molecule has 204 valence electrons. The Morgan fingerprint density at radius 2 is 1.82 bits per heavy atom. The molecule has 12 heteroatoms. The molecule has 2 aromatic rings. The second-order valence-corrected chi connectivity index (χ2v) is 9.89. The smallest absolute Gasteiger partial charge is 0.310 e. The van der Waals surface area contributed by atoms with Crippen LogP contribution in [0.15, 0.2) is 48.7 Å². The minimum atomic E-state index is -1.50. The van der Waals surface area contributed by atoms with E-state index in [0.29, 0.717) is 11.8 Å². The molecule has 3 aliphatic heterocycles. The van der Waals surface area contributed by atoms with Crippen molar-refractivity contribution < 1.29 is 33.8 Å². The maximum absolute atomic E-state index is 14.0. The molecule has 1 aromatic heterocycles. The number of nitrogens with zero attached hydrogens (tertiary/aromatic N) is 3. The average Bonchev–Trinajstić information content (AvgIpc) is 3.23. The van der Waals surface area contributed by atoms with Crippen molar-refractivity contribution in [3.63, 3.8) is 0 Å². The lowest BCUT2D eigenvalue weighted by Crippen LogP contribution is -2.68. The molecule has 2 unspecified atom stereocenters. The molecule has 1 aromatic carbocycles. The van der Waals surface area contributed by atoms with Crippen LogP contribution in [0.2, 0.25) is 0 Å². The van der Waals surface area contributed by atoms with E-state index in [1.165, 1.54) is 22.9 Å². The third-order valence-corrected chi connectivity index (χ3v) is 7.31. The number of cyclic esters (lactones) is 1. The van der Waals surface area contributed by atoms with Gasteiger partial charge in [0.25, 0.3) is 5.91 Å². The summed E-state index contributed by atoms with van der Waals surface area (Å²) < 4.78 is 4.71. The molecule has 3 N–H and O–H groups in total. The number of ether oxygens (including phenoxy) is 1. The second kappa shape index (κ2) is 10.8. The van der Waals surface area contributed by atoms with Crippen molar-refractivity contribution in [2.45, 2.75) is 56.6 Å². The topological polar surface area (TPSA) is 158 Å². The number of aliphatic hydroxyl groups is 1. The largest absolute Gasteiger partial charge is 0.434 e. The molecule has 0 bridgehead atoms. The number of aromatic nitrogens is 1. The molecule has 4 amide bonds. The Labute approximate surface area is 224 Å². The first-order valence-corrected chi connectivity index (χ1v) is 12.8. The van der Waals surface area contributed by atoms with Gasteiger partial charge in [0, 0.05) is 25.1 Å². The summed E-state index contributed by atoms with van der Waals surface area (Å²) in [5.74, 6) is -2.54. The zero-order valence-electron chi connectivity index (χ0n) is 21.3. The average molecular weight is 536 g/mol. The summed E-state index contributed by atoms with van der Waals surface area (Å²) in [5.41, 5.74) is 0.180. The summed E-state index contributed by atoms with van der Waals surface area (Å²) in [6.45, 7) is 1.53. The molecular weight excluding hydrogens is 506 g/mol. The van der Waals surface area contributed by atoms with Crippen LogP contribution >= 0.6 is 0 Å². The highest BCUT2D eigenvalue weighted by Crippen LogP contribution is 2.25. The molecule has 0 aliphatic carbocycles. The van der Waals surface area contributed by atoms with Crippen molar-refractivity contribution in [2.75, 3.05) is 13.1 Å². The van der Waals surface area contributed by atoms with Crippen LogP contribution in [0, 0.1) is 0 Å². The molecule has 0 spiro atoms. The van der Waals surface area contributed by atoms with Gasteiger partial charge in [-0.15, -0.1) is 0 Å². The van der Waals surface area contributed by atoms with Gasteiger partial charge in [0.2, 0.25) is 24.0 Å². The highest BCUT2D eigenvalue weighted by molar-refractivity contribution is 6.06. The number of carbonyl (C=O) groups is 5. The van der Waals surface area contributed by atoms with Crippen LogP contribution in [0.4, 0.5) is 0 Å². The first kappa shape index (κ1) is 26.3. The quantitative estimate of drug-likeness (QED) is 0.361. The van der Waals surface area contributed by atoms with E-state index in [1.807, 2.05) is 18.2 Å². The predicted octanol–water partition coefficient (Wildman–Crippen LogP) is -0.139. The normalized spacial score (nSPS) is 27.7. The van der Waals surface area contributed by atoms with Gasteiger partial charge in [-0.1, -0.05) is 36.4 Å². The van der Waals surface area contributed by atoms with E-state index in [9.17, 15) is 29.1 Å². The van der Waals surface area contributed by atoms with Crippen LogP contribution in [0.3, 0.4) is 0 Å². The minimum absolute atomic E-state index is 0.0731. The van der Waals surface area contributed by atoms with Crippen LogP contribution in [0.5, 0.6) is 0 Å². The molecule has 5 atom stereocenters. The Kier molecular flexibility index (Phi) is 7.29. The first-order valence-electron chi connectivity index (χ1n) is 12.8. The molecule has 2 fully saturated rings. The van der Waals surface area contributed by atoms with Crippen LogP contribution in [-0.2, 0) is 23.9 Å². The Bertz CT molecular complexity index is 1360. The lowest BCUT2D eigenvalue weighted by atomic mass is 9.96. The number of fused-ring (bicyclic) bond motifs is 2. The standard InChI is InChI=1S/C27H29N5O7/c1-15(33)31-13-17-7-3-5-9-19(29-25(36)23-18-8-4-2-6-16(18)10-11-28-23)26(37)32(17)21(14-31)24(35)30-20-12-22(34)39-27(20)38/h2-6,8,10-11,17,19-21,27,38H,7,9,12-14H2,1H3,(H,29,36)(H,30,35)/b5-3-/t17-,19-,20?,21-,27?/m0/s1. The molecule has 2 saturated heterocycles. The van der Waals surface area contributed by atoms with E-state index in [1.54, 1.807) is 24.3 Å². The van der Waals surface area contributed by atoms with Gasteiger partial charge >= 0.3 is 5.97 Å². The molecule has 3 aliphatic rings. The van der Waals surface area contributed by atoms with E-state index >= 15 is 0 Å². The zero-order valence-corrected chi connectivity index (χ0v) is 21.3. The third kappa shape index (κ3) is 5.32. The summed E-state index contributed by atoms with van der Waals surface area (Å²) in [4.78, 5) is 71.7. The fourth-order valence-corrected chi connectivity index (χ4v) is 5.32. The van der Waals surface area contributed by atoms with Gasteiger partial charge in [0.05, 0.1) is 19.0 Å². The van der Waals surface area contributed by atoms with E-state index in [-0.39, 0.29) is 37.5 Å². The second-order valence-electron chi connectivity index (χ2n) is 9.89. The van der Waals surface area contributed by atoms with Crippen LogP contribution < -0.4 is 10.6 Å². The SMILES string of the molecule is CC(=O)N1C[C@@H]2C/C=C\C[C@H](NC(=O)c3nccc4ccccc34)C(=O)N2[C@H](C(=O)NC2CC(=O)OC2O)C1. The van der Waals surface area contributed by atoms with Crippen LogP contribution in [0.1, 0.15) is 36.7 Å². The number of nitrogens with one attached hydrogen (secondary N) is 2. The van der Waals surface area contributed by atoms with E-state index in [4.69, 9.17) is 4.74 Å². The molecular formula is C27H29N5O7. The lowest BCUT2D eigenvalue weighted by Gasteiger charge is -2.47. The number of piperazine rings is 1. The van der Waals surface area contributed by atoms with Gasteiger partial charge in [0.1, 0.15) is 23.8 Å². The van der Waals surface area contributed by atoms with Gasteiger partial charge in [0.15, 0.2) is 0 Å². The number of pyridine rings is 1. The third-order valence-electron chi connectivity index (χ3n) is 7.31. The maximum Gasteiger partial charge on any atom is 0.310 e. The molecule has 4 heterocycles. The summed E-state index contributed by atoms with van der Waals surface area (Å²) in [5, 5.41) is 16.8. The van der Waals surface area contributed by atoms with Crippen molar-refractivity contribution in [2.24, 2.45) is 0 Å². The van der Waals surface area contributed by atoms with Gasteiger partial charge in [-0.25, -0.2) is 0 Å². The molecule has 5 rings (SSSR count). The number of rotatable bonds is 4. The molecule has 0 radical (unpaired) electrons. The van der Waals surface area contributed by atoms with Gasteiger partial charge in [-0.3, -0.25) is 29.0 Å². The van der Waals surface area contributed by atoms with E-state index < -0.39 is 54.1 Å². The minimum Gasteiger partial charge on any atom is -0.434 e. The van der Waals surface area contributed by atoms with Crippen molar-refractivity contribution in [3.05, 3.63) is 54.4 Å². The molecule has 0 saturated carbocycles. The van der Waals surface area contributed by atoms with Gasteiger partial charge in [-0.05, 0) is 24.3 Å². The Morgan fingerprint density at radius 3 is 2.56 bits per heavy atom. The Balaban J connectivity index is 1.42. The number of esters is 1. The number of hydrogen-bond donors (Lipinski definition) is 3. The zero-order chi connectivity index (χ0) is 27.7. The van der Waals surface area contributed by atoms with E-state index in [0.717, 1.165) is 5.39 Å². The van der Waals surface area contributed by atoms with Gasteiger partial charge in [-0.2, -0.15) is 0 Å². The lowest BCUT2D eigenvalue weighted by molar-refractivity contribution is -0.157. The van der Waals surface area contributed by atoms with Gasteiger partial charge < -0.3 is 30.3 Å². The number of benzene rings is 1. The number of aliphatic hydroxyl groups excluding tert-OH is 1. The molecule has 39 heavy (non-hydrogen) atoms. The fourth-order valence-electron chi connectivity index (χ4n) is 5.32. The predicted molar refractivity (Wildman–Crippen MR) is 137 cm³/mol. The van der Waals surface area contributed by atoms with Crippen molar-refractivity contribution >= 4 is 40.4 Å². The molecule has 12 nitrogen and oxygen atoms in total. The summed E-state index contributed by atoms with van der Waals surface area (Å²) in [7, 11) is 0. The van der Waals surface area contributed by atoms with Crippen molar-refractivity contribution in [1.82, 2.24) is 25.4 Å². The summed E-state index contributed by atoms with van der Waals surface area (Å²) in [6.07, 6.45) is 4.08.